The van der Waals surface area contributed by atoms with E-state index in [0.717, 1.165) is 33.8 Å². The molecular formula is C20H16ClN3. The van der Waals surface area contributed by atoms with Crippen molar-refractivity contribution < 1.29 is 0 Å². The smallest absolute Gasteiger partial charge is 0.101 e. The summed E-state index contributed by atoms with van der Waals surface area (Å²) in [7, 11) is 0. The molecule has 3 aromatic rings. The van der Waals surface area contributed by atoms with E-state index < -0.39 is 0 Å². The highest BCUT2D eigenvalue weighted by molar-refractivity contribution is 6.31. The Labute approximate surface area is 146 Å². The van der Waals surface area contributed by atoms with Crippen molar-refractivity contribution in [2.45, 2.75) is 13.8 Å². The molecule has 0 spiro atoms. The molecular weight excluding hydrogens is 318 g/mol. The van der Waals surface area contributed by atoms with Gasteiger partial charge in [0.1, 0.15) is 6.07 Å². The Hall–Kier alpha value is -2.83. The van der Waals surface area contributed by atoms with Crippen LogP contribution in [0.4, 0.5) is 0 Å². The minimum Gasteiger partial charge on any atom is -0.237 e. The van der Waals surface area contributed by atoms with Gasteiger partial charge in [-0.2, -0.15) is 10.4 Å². The van der Waals surface area contributed by atoms with Crippen LogP contribution in [0.15, 0.2) is 55.1 Å². The zero-order valence-corrected chi connectivity index (χ0v) is 14.3. The molecule has 0 saturated carbocycles. The van der Waals surface area contributed by atoms with Crippen LogP contribution < -0.4 is 0 Å². The van der Waals surface area contributed by atoms with Crippen molar-refractivity contribution in [3.8, 4) is 11.8 Å². The largest absolute Gasteiger partial charge is 0.237 e. The quantitative estimate of drug-likeness (QED) is 0.671. The zero-order chi connectivity index (χ0) is 17.3. The summed E-state index contributed by atoms with van der Waals surface area (Å²) in [4.78, 5) is 0. The summed E-state index contributed by atoms with van der Waals surface area (Å²) in [6, 6.07) is 17.4. The molecule has 3 nitrogen and oxygen atoms in total. The summed E-state index contributed by atoms with van der Waals surface area (Å²) in [5.74, 6) is 0. The van der Waals surface area contributed by atoms with E-state index >= 15 is 0 Å². The summed E-state index contributed by atoms with van der Waals surface area (Å²) < 4.78 is 1.84. The van der Waals surface area contributed by atoms with E-state index in [0.29, 0.717) is 10.6 Å². The van der Waals surface area contributed by atoms with Crippen LogP contribution in [0, 0.1) is 25.2 Å². The Balaban J connectivity index is 2.09. The van der Waals surface area contributed by atoms with Gasteiger partial charge in [0.25, 0.3) is 0 Å². The third kappa shape index (κ3) is 2.73. The van der Waals surface area contributed by atoms with Crippen molar-refractivity contribution in [2.75, 3.05) is 0 Å². The molecule has 3 rings (SSSR count). The fraction of sp³-hybridized carbons (Fsp3) is 0.100. The molecule has 0 amide bonds. The monoisotopic (exact) mass is 333 g/mol. The first kappa shape index (κ1) is 16.0. The number of benzene rings is 2. The van der Waals surface area contributed by atoms with Gasteiger partial charge >= 0.3 is 0 Å². The summed E-state index contributed by atoms with van der Waals surface area (Å²) in [5.41, 5.74) is 6.21. The maximum absolute atomic E-state index is 9.01. The molecule has 0 unspecified atom stereocenters. The lowest BCUT2D eigenvalue weighted by atomic mass is 9.98. The maximum atomic E-state index is 9.01. The van der Waals surface area contributed by atoms with Crippen molar-refractivity contribution in [2.24, 2.45) is 0 Å². The van der Waals surface area contributed by atoms with Gasteiger partial charge in [-0.3, -0.25) is 0 Å². The molecule has 0 fully saturated rings. The molecule has 0 bridgehead atoms. The van der Waals surface area contributed by atoms with Crippen molar-refractivity contribution in [1.82, 2.24) is 9.78 Å². The second-order valence-corrected chi connectivity index (χ2v) is 5.99. The van der Waals surface area contributed by atoms with Gasteiger partial charge in [0.15, 0.2) is 0 Å². The molecule has 2 aromatic carbocycles. The number of aromatic nitrogens is 2. The first-order valence-corrected chi connectivity index (χ1v) is 7.91. The molecule has 0 aliphatic carbocycles. The number of halogens is 1. The first-order chi connectivity index (χ1) is 11.5. The molecule has 0 N–H and O–H groups in total. The second kappa shape index (κ2) is 6.35. The lowest BCUT2D eigenvalue weighted by Gasteiger charge is -2.09. The molecule has 0 aliphatic heterocycles. The minimum absolute atomic E-state index is 0.422. The lowest BCUT2D eigenvalue weighted by molar-refractivity contribution is 0.833. The van der Waals surface area contributed by atoms with E-state index in [9.17, 15) is 0 Å². The average Bonchev–Trinajstić information content (AvgIpc) is 2.89. The highest BCUT2D eigenvalue weighted by atomic mass is 35.5. The Bertz CT molecular complexity index is 963. The molecule has 118 valence electrons. The normalized spacial score (nSPS) is 10.4. The zero-order valence-electron chi connectivity index (χ0n) is 13.5. The lowest BCUT2D eigenvalue weighted by Crippen LogP contribution is -2.00. The van der Waals surface area contributed by atoms with Crippen LogP contribution in [0.5, 0.6) is 0 Å². The average molecular weight is 334 g/mol. The van der Waals surface area contributed by atoms with Gasteiger partial charge in [-0.05, 0) is 43.2 Å². The topological polar surface area (TPSA) is 41.6 Å². The summed E-state index contributed by atoms with van der Waals surface area (Å²) in [5, 5.41) is 14.1. The highest BCUT2D eigenvalue weighted by Gasteiger charge is 2.17. The third-order valence-electron chi connectivity index (χ3n) is 4.03. The number of aryl methyl sites for hydroxylation is 1. The van der Waals surface area contributed by atoms with Gasteiger partial charge in [-0.15, -0.1) is 0 Å². The van der Waals surface area contributed by atoms with Crippen LogP contribution in [-0.4, -0.2) is 9.78 Å². The molecule has 4 heteroatoms. The van der Waals surface area contributed by atoms with Gasteiger partial charge in [-0.1, -0.05) is 48.5 Å². The Morgan fingerprint density at radius 1 is 1.17 bits per heavy atom. The molecule has 0 atom stereocenters. The predicted octanol–water partition coefficient (Wildman–Crippen LogP) is 5.08. The Morgan fingerprint density at radius 2 is 1.88 bits per heavy atom. The minimum atomic E-state index is 0.422. The van der Waals surface area contributed by atoms with Crippen LogP contribution in [0.3, 0.4) is 0 Å². The van der Waals surface area contributed by atoms with Crippen LogP contribution in [0.1, 0.15) is 28.1 Å². The Kier molecular flexibility index (Phi) is 4.24. The van der Waals surface area contributed by atoms with Crippen molar-refractivity contribution >= 4 is 17.2 Å². The van der Waals surface area contributed by atoms with Gasteiger partial charge < -0.3 is 0 Å². The molecule has 0 aliphatic rings. The fourth-order valence-electron chi connectivity index (χ4n) is 2.84. The van der Waals surface area contributed by atoms with E-state index in [4.69, 9.17) is 16.9 Å². The molecule has 24 heavy (non-hydrogen) atoms. The third-order valence-corrected chi connectivity index (χ3v) is 4.35. The van der Waals surface area contributed by atoms with E-state index in [-0.39, 0.29) is 0 Å². The molecule has 1 aromatic heterocycles. The van der Waals surface area contributed by atoms with Crippen LogP contribution >= 0.6 is 11.6 Å². The number of nitriles is 1. The summed E-state index contributed by atoms with van der Waals surface area (Å²) in [6.45, 7) is 8.23. The molecule has 0 radical (unpaired) electrons. The van der Waals surface area contributed by atoms with E-state index in [2.05, 4.69) is 17.7 Å². The Morgan fingerprint density at radius 3 is 2.50 bits per heavy atom. The summed E-state index contributed by atoms with van der Waals surface area (Å²) >= 11 is 6.16. The molecule has 0 saturated heterocycles. The SMILES string of the molecule is C=C(c1ccccc1)c1c(C)nn(-c2ccc(C#N)c(Cl)c2)c1C. The van der Waals surface area contributed by atoms with Crippen molar-refractivity contribution in [3.05, 3.63) is 88.2 Å². The second-order valence-electron chi connectivity index (χ2n) is 5.58. The van der Waals surface area contributed by atoms with E-state index in [1.165, 1.54) is 0 Å². The fourth-order valence-corrected chi connectivity index (χ4v) is 3.06. The van der Waals surface area contributed by atoms with Crippen molar-refractivity contribution in [3.63, 3.8) is 0 Å². The van der Waals surface area contributed by atoms with E-state index in [1.807, 2.05) is 54.9 Å². The van der Waals surface area contributed by atoms with Crippen LogP contribution in [-0.2, 0) is 0 Å². The molecule has 1 heterocycles. The highest BCUT2D eigenvalue weighted by Crippen LogP contribution is 2.29. The summed E-state index contributed by atoms with van der Waals surface area (Å²) in [6.07, 6.45) is 0. The number of nitrogens with zero attached hydrogens (tertiary/aromatic N) is 3. The number of hydrogen-bond donors (Lipinski definition) is 0. The first-order valence-electron chi connectivity index (χ1n) is 7.54. The predicted molar refractivity (Wildman–Crippen MR) is 97.3 cm³/mol. The standard InChI is InChI=1S/C20H16ClN3/c1-13(16-7-5-4-6-8-16)20-14(2)23-24(15(20)3)18-10-9-17(12-22)19(21)11-18/h4-11H,1H2,2-3H3. The maximum Gasteiger partial charge on any atom is 0.101 e. The van der Waals surface area contributed by atoms with Gasteiger partial charge in [0, 0.05) is 11.3 Å². The van der Waals surface area contributed by atoms with Gasteiger partial charge in [0.05, 0.1) is 22.0 Å². The number of rotatable bonds is 3. The van der Waals surface area contributed by atoms with Gasteiger partial charge in [0.2, 0.25) is 0 Å². The number of hydrogen-bond acceptors (Lipinski definition) is 2. The van der Waals surface area contributed by atoms with Gasteiger partial charge in [-0.25, -0.2) is 4.68 Å². The van der Waals surface area contributed by atoms with Crippen LogP contribution in [0.25, 0.3) is 11.3 Å². The van der Waals surface area contributed by atoms with Crippen molar-refractivity contribution in [1.29, 1.82) is 5.26 Å². The van der Waals surface area contributed by atoms with Crippen LogP contribution in [0.2, 0.25) is 5.02 Å². The van der Waals surface area contributed by atoms with E-state index in [1.54, 1.807) is 12.1 Å².